The van der Waals surface area contributed by atoms with Crippen molar-refractivity contribution in [3.63, 3.8) is 0 Å². The van der Waals surface area contributed by atoms with Crippen molar-refractivity contribution in [2.45, 2.75) is 12.3 Å². The molecular formula is C21H22N2O7. The van der Waals surface area contributed by atoms with Crippen molar-refractivity contribution >= 4 is 11.6 Å². The van der Waals surface area contributed by atoms with E-state index in [1.165, 1.54) is 39.0 Å². The quantitative estimate of drug-likeness (QED) is 0.586. The number of pyridine rings is 1. The van der Waals surface area contributed by atoms with Crippen LogP contribution in [0.5, 0.6) is 23.1 Å². The summed E-state index contributed by atoms with van der Waals surface area (Å²) in [5, 5.41) is 10.6. The number of nitrogens with zero attached hydrogens (tertiary/aromatic N) is 2. The Balaban J connectivity index is 2.33. The van der Waals surface area contributed by atoms with Crippen LogP contribution in [0.3, 0.4) is 0 Å². The van der Waals surface area contributed by atoms with Gasteiger partial charge in [0.05, 0.1) is 40.4 Å². The Hall–Kier alpha value is -3.75. The summed E-state index contributed by atoms with van der Waals surface area (Å²) in [5.74, 6) is -0.994. The number of aromatic hydroxyl groups is 1. The summed E-state index contributed by atoms with van der Waals surface area (Å²) in [6, 6.07) is 8.24. The highest BCUT2D eigenvalue weighted by atomic mass is 16.5. The van der Waals surface area contributed by atoms with Crippen molar-refractivity contribution in [3.8, 4) is 23.1 Å². The second kappa shape index (κ2) is 8.73. The van der Waals surface area contributed by atoms with E-state index < -0.39 is 23.3 Å². The lowest BCUT2D eigenvalue weighted by molar-refractivity contribution is -0.140. The van der Waals surface area contributed by atoms with E-state index in [1.54, 1.807) is 30.3 Å². The first kappa shape index (κ1) is 21.0. The fourth-order valence-corrected chi connectivity index (χ4v) is 3.41. The smallest absolute Gasteiger partial charge is 0.306 e. The Morgan fingerprint density at radius 3 is 2.43 bits per heavy atom. The second-order valence-corrected chi connectivity index (χ2v) is 6.34. The van der Waals surface area contributed by atoms with E-state index in [2.05, 4.69) is 4.98 Å². The highest BCUT2D eigenvalue weighted by Crippen LogP contribution is 2.45. The summed E-state index contributed by atoms with van der Waals surface area (Å²) in [6.07, 6.45) is 1.31. The molecule has 0 aliphatic carbocycles. The van der Waals surface area contributed by atoms with E-state index in [9.17, 15) is 14.7 Å². The zero-order chi connectivity index (χ0) is 21.8. The number of ether oxygens (including phenoxy) is 4. The van der Waals surface area contributed by atoms with Crippen LogP contribution in [-0.2, 0) is 9.53 Å². The summed E-state index contributed by atoms with van der Waals surface area (Å²) in [5.41, 5.74) is 0.143. The minimum Gasteiger partial charge on any atom is -0.493 e. The molecule has 0 aliphatic rings. The minimum absolute atomic E-state index is 0.0605. The molecule has 158 valence electrons. The molecule has 9 heteroatoms. The molecule has 0 saturated carbocycles. The molecule has 0 amide bonds. The number of methoxy groups -OCH3 is 4. The van der Waals surface area contributed by atoms with Crippen molar-refractivity contribution in [2.75, 3.05) is 28.4 Å². The molecule has 1 aromatic carbocycles. The predicted molar refractivity (Wildman–Crippen MR) is 108 cm³/mol. The van der Waals surface area contributed by atoms with Gasteiger partial charge >= 0.3 is 5.97 Å². The van der Waals surface area contributed by atoms with Crippen LogP contribution in [0.1, 0.15) is 23.5 Å². The van der Waals surface area contributed by atoms with Gasteiger partial charge in [-0.15, -0.1) is 0 Å². The molecule has 0 radical (unpaired) electrons. The zero-order valence-electron chi connectivity index (χ0n) is 17.0. The lowest BCUT2D eigenvalue weighted by Gasteiger charge is -2.22. The van der Waals surface area contributed by atoms with Crippen LogP contribution >= 0.6 is 0 Å². The van der Waals surface area contributed by atoms with Gasteiger partial charge in [-0.1, -0.05) is 12.1 Å². The van der Waals surface area contributed by atoms with Crippen molar-refractivity contribution in [1.29, 1.82) is 0 Å². The van der Waals surface area contributed by atoms with Crippen LogP contribution in [0.25, 0.3) is 5.65 Å². The molecule has 0 unspecified atom stereocenters. The zero-order valence-corrected chi connectivity index (χ0v) is 17.0. The van der Waals surface area contributed by atoms with Gasteiger partial charge in [-0.2, -0.15) is 4.98 Å². The Bertz CT molecular complexity index is 1140. The van der Waals surface area contributed by atoms with Gasteiger partial charge in [0, 0.05) is 17.7 Å². The molecule has 1 atom stereocenters. The number of aromatic nitrogens is 2. The molecule has 2 heterocycles. The highest BCUT2D eigenvalue weighted by Gasteiger charge is 2.31. The van der Waals surface area contributed by atoms with E-state index in [1.807, 2.05) is 0 Å². The Morgan fingerprint density at radius 1 is 1.07 bits per heavy atom. The Morgan fingerprint density at radius 2 is 1.80 bits per heavy atom. The summed E-state index contributed by atoms with van der Waals surface area (Å²) >= 11 is 0. The average molecular weight is 414 g/mol. The van der Waals surface area contributed by atoms with E-state index in [4.69, 9.17) is 18.9 Å². The summed E-state index contributed by atoms with van der Waals surface area (Å²) in [7, 11) is 5.61. The first-order valence-corrected chi connectivity index (χ1v) is 9.02. The van der Waals surface area contributed by atoms with E-state index in [0.717, 1.165) is 0 Å². The van der Waals surface area contributed by atoms with Crippen molar-refractivity contribution in [1.82, 2.24) is 9.38 Å². The number of fused-ring (bicyclic) bond motifs is 1. The number of hydrogen-bond acceptors (Lipinski definition) is 8. The number of benzene rings is 1. The van der Waals surface area contributed by atoms with Crippen molar-refractivity contribution in [2.24, 2.45) is 0 Å². The lowest BCUT2D eigenvalue weighted by Crippen LogP contribution is -2.24. The van der Waals surface area contributed by atoms with Crippen LogP contribution < -0.4 is 19.8 Å². The van der Waals surface area contributed by atoms with Crippen molar-refractivity contribution < 1.29 is 28.8 Å². The fourth-order valence-electron chi connectivity index (χ4n) is 3.41. The van der Waals surface area contributed by atoms with Gasteiger partial charge in [0.1, 0.15) is 5.65 Å². The third kappa shape index (κ3) is 3.61. The van der Waals surface area contributed by atoms with Crippen LogP contribution in [0.15, 0.2) is 41.3 Å². The lowest BCUT2D eigenvalue weighted by atomic mass is 9.88. The van der Waals surface area contributed by atoms with Crippen LogP contribution in [-0.4, -0.2) is 48.9 Å². The molecule has 3 rings (SSSR count). The van der Waals surface area contributed by atoms with Gasteiger partial charge < -0.3 is 24.1 Å². The van der Waals surface area contributed by atoms with Gasteiger partial charge in [0.15, 0.2) is 11.5 Å². The van der Waals surface area contributed by atoms with Gasteiger partial charge in [-0.25, -0.2) is 0 Å². The van der Waals surface area contributed by atoms with E-state index in [0.29, 0.717) is 17.1 Å². The first-order valence-electron chi connectivity index (χ1n) is 9.02. The largest absolute Gasteiger partial charge is 0.493 e. The SMILES string of the molecule is COC(=O)C[C@@H](c1ccc(OC)c(OC)c1OC)c1c(O)nc2ccccn2c1=O. The highest BCUT2D eigenvalue weighted by molar-refractivity contribution is 5.72. The number of esters is 1. The fraction of sp³-hybridized carbons (Fsp3) is 0.286. The molecule has 30 heavy (non-hydrogen) atoms. The maximum atomic E-state index is 13.2. The normalized spacial score (nSPS) is 11.7. The third-order valence-electron chi connectivity index (χ3n) is 4.81. The maximum absolute atomic E-state index is 13.2. The summed E-state index contributed by atoms with van der Waals surface area (Å²) in [4.78, 5) is 29.5. The van der Waals surface area contributed by atoms with Gasteiger partial charge in [-0.3, -0.25) is 14.0 Å². The summed E-state index contributed by atoms with van der Waals surface area (Å²) in [6.45, 7) is 0. The summed E-state index contributed by atoms with van der Waals surface area (Å²) < 4.78 is 22.4. The standard InChI is InChI=1S/C21H22N2O7/c1-27-14-9-8-12(18(29-3)19(14)30-4)13(11-16(24)28-2)17-20(25)22-15-7-5-6-10-23(15)21(17)26/h5-10,13,25H,11H2,1-4H3/t13-/m0/s1. The average Bonchev–Trinajstić information content (AvgIpc) is 2.76. The number of carbonyl (C=O) groups is 1. The first-order chi connectivity index (χ1) is 14.5. The molecule has 0 fully saturated rings. The predicted octanol–water partition coefficient (Wildman–Crippen LogP) is 2.12. The second-order valence-electron chi connectivity index (χ2n) is 6.34. The number of rotatable bonds is 7. The molecule has 0 bridgehead atoms. The molecule has 0 aliphatic heterocycles. The van der Waals surface area contributed by atoms with E-state index in [-0.39, 0.29) is 23.4 Å². The van der Waals surface area contributed by atoms with Gasteiger partial charge in [0.25, 0.3) is 5.56 Å². The van der Waals surface area contributed by atoms with Crippen LogP contribution in [0, 0.1) is 0 Å². The maximum Gasteiger partial charge on any atom is 0.306 e. The Labute approximate surface area is 172 Å². The number of carbonyl (C=O) groups excluding carboxylic acids is 1. The minimum atomic E-state index is -0.913. The Kier molecular flexibility index (Phi) is 6.10. The van der Waals surface area contributed by atoms with Crippen LogP contribution in [0.2, 0.25) is 0 Å². The van der Waals surface area contributed by atoms with E-state index >= 15 is 0 Å². The molecule has 9 nitrogen and oxygen atoms in total. The third-order valence-corrected chi connectivity index (χ3v) is 4.81. The molecule has 2 aromatic heterocycles. The number of hydrogen-bond donors (Lipinski definition) is 1. The molecule has 0 spiro atoms. The molecule has 1 N–H and O–H groups in total. The monoisotopic (exact) mass is 414 g/mol. The molecule has 0 saturated heterocycles. The van der Waals surface area contributed by atoms with Crippen LogP contribution in [0.4, 0.5) is 0 Å². The molecular weight excluding hydrogens is 392 g/mol. The van der Waals surface area contributed by atoms with Crippen molar-refractivity contribution in [3.05, 3.63) is 58.0 Å². The molecule has 3 aromatic rings. The van der Waals surface area contributed by atoms with Gasteiger partial charge in [0.2, 0.25) is 11.6 Å². The topological polar surface area (TPSA) is 109 Å². The van der Waals surface area contributed by atoms with Gasteiger partial charge in [-0.05, 0) is 18.2 Å².